The zero-order valence-corrected chi connectivity index (χ0v) is 11.0. The van der Waals surface area contributed by atoms with Crippen molar-refractivity contribution < 1.29 is 4.74 Å². The molecule has 0 bridgehead atoms. The third-order valence-corrected chi connectivity index (χ3v) is 3.34. The number of benzene rings is 1. The molecule has 0 amide bonds. The number of alkyl halides is 1. The summed E-state index contributed by atoms with van der Waals surface area (Å²) in [5.74, 6) is 1.19. The molecule has 0 radical (unpaired) electrons. The van der Waals surface area contributed by atoms with E-state index >= 15 is 0 Å². The van der Waals surface area contributed by atoms with Gasteiger partial charge in [0.25, 0.3) is 0 Å². The fourth-order valence-corrected chi connectivity index (χ4v) is 2.32. The zero-order valence-electron chi connectivity index (χ0n) is 10.2. The van der Waals surface area contributed by atoms with Crippen molar-refractivity contribution in [2.24, 2.45) is 0 Å². The van der Waals surface area contributed by atoms with Crippen molar-refractivity contribution in [3.63, 3.8) is 0 Å². The van der Waals surface area contributed by atoms with Crippen molar-refractivity contribution in [1.29, 1.82) is 0 Å². The van der Waals surface area contributed by atoms with Crippen LogP contribution >= 0.6 is 11.6 Å². The predicted molar refractivity (Wildman–Crippen MR) is 70.4 cm³/mol. The molecule has 1 aromatic rings. The highest BCUT2D eigenvalue weighted by Crippen LogP contribution is 2.26. The number of hydrogen-bond donors (Lipinski definition) is 0. The van der Waals surface area contributed by atoms with Crippen molar-refractivity contribution >= 4 is 11.6 Å². The lowest BCUT2D eigenvalue weighted by atomic mass is 9.92. The van der Waals surface area contributed by atoms with Crippen LogP contribution in [0.4, 0.5) is 0 Å². The Hall–Kier alpha value is -0.530. The summed E-state index contributed by atoms with van der Waals surface area (Å²) in [6.07, 6.45) is 3.45. The Labute approximate surface area is 104 Å². The Morgan fingerprint density at radius 3 is 2.62 bits per heavy atom. The minimum Gasteiger partial charge on any atom is -0.385 e. The quantitative estimate of drug-likeness (QED) is 0.514. The zero-order chi connectivity index (χ0) is 11.8. The van der Waals surface area contributed by atoms with Gasteiger partial charge in [-0.1, -0.05) is 30.7 Å². The second-order valence-corrected chi connectivity index (χ2v) is 4.51. The molecule has 0 heterocycles. The van der Waals surface area contributed by atoms with Gasteiger partial charge in [0, 0.05) is 19.6 Å². The van der Waals surface area contributed by atoms with Crippen LogP contribution in [0.3, 0.4) is 0 Å². The third-order valence-electron chi connectivity index (χ3n) is 2.97. The van der Waals surface area contributed by atoms with Crippen LogP contribution in [-0.2, 0) is 4.74 Å². The molecule has 0 saturated carbocycles. The molecule has 0 aliphatic rings. The molecule has 1 atom stereocenters. The molecule has 2 heteroatoms. The van der Waals surface area contributed by atoms with E-state index in [2.05, 4.69) is 31.2 Å². The topological polar surface area (TPSA) is 9.23 Å². The lowest BCUT2D eigenvalue weighted by Crippen LogP contribution is -2.03. The summed E-state index contributed by atoms with van der Waals surface area (Å²) in [6, 6.07) is 8.52. The maximum atomic E-state index is 6.06. The molecule has 0 fully saturated rings. The van der Waals surface area contributed by atoms with Gasteiger partial charge < -0.3 is 4.74 Å². The third kappa shape index (κ3) is 4.15. The van der Waals surface area contributed by atoms with Crippen LogP contribution in [0.2, 0.25) is 0 Å². The molecular weight excluding hydrogens is 220 g/mol. The van der Waals surface area contributed by atoms with Crippen molar-refractivity contribution in [2.45, 2.75) is 32.1 Å². The van der Waals surface area contributed by atoms with Crippen molar-refractivity contribution in [1.82, 2.24) is 0 Å². The number of unbranched alkanes of at least 4 members (excludes halogenated alkanes) is 1. The lowest BCUT2D eigenvalue weighted by Gasteiger charge is -2.16. The number of halogens is 1. The Bertz CT molecular complexity index is 299. The van der Waals surface area contributed by atoms with Crippen LogP contribution in [0.5, 0.6) is 0 Å². The van der Waals surface area contributed by atoms with Gasteiger partial charge >= 0.3 is 0 Å². The smallest absolute Gasteiger partial charge is 0.0462 e. The van der Waals surface area contributed by atoms with E-state index < -0.39 is 0 Å². The van der Waals surface area contributed by atoms with E-state index in [0.717, 1.165) is 19.4 Å². The second-order valence-electron chi connectivity index (χ2n) is 4.20. The monoisotopic (exact) mass is 240 g/mol. The SMILES string of the molecule is COCCCCC(CCl)c1ccccc1C. The Kier molecular flexibility index (Phi) is 6.51. The maximum absolute atomic E-state index is 6.06. The molecule has 0 N–H and O–H groups in total. The van der Waals surface area contributed by atoms with Gasteiger partial charge in [-0.25, -0.2) is 0 Å². The van der Waals surface area contributed by atoms with E-state index in [4.69, 9.17) is 16.3 Å². The average molecular weight is 241 g/mol. The van der Waals surface area contributed by atoms with Crippen molar-refractivity contribution in [2.75, 3.05) is 19.6 Å². The summed E-state index contributed by atoms with van der Waals surface area (Å²) in [5, 5.41) is 0. The minimum atomic E-state index is 0.486. The summed E-state index contributed by atoms with van der Waals surface area (Å²) in [4.78, 5) is 0. The minimum absolute atomic E-state index is 0.486. The molecule has 0 saturated heterocycles. The van der Waals surface area contributed by atoms with E-state index in [1.165, 1.54) is 17.5 Å². The summed E-state index contributed by atoms with van der Waals surface area (Å²) >= 11 is 6.06. The average Bonchev–Trinajstić information content (AvgIpc) is 2.31. The van der Waals surface area contributed by atoms with Gasteiger partial charge in [0.15, 0.2) is 0 Å². The van der Waals surface area contributed by atoms with Crippen LogP contribution in [0, 0.1) is 6.92 Å². The highest BCUT2D eigenvalue weighted by Gasteiger charge is 2.11. The first-order valence-electron chi connectivity index (χ1n) is 5.90. The molecule has 1 aromatic carbocycles. The maximum Gasteiger partial charge on any atom is 0.0462 e. The molecule has 0 spiro atoms. The van der Waals surface area contributed by atoms with E-state index in [0.29, 0.717) is 11.8 Å². The summed E-state index contributed by atoms with van der Waals surface area (Å²) < 4.78 is 5.05. The first-order chi connectivity index (χ1) is 7.79. The normalized spacial score (nSPS) is 12.7. The lowest BCUT2D eigenvalue weighted by molar-refractivity contribution is 0.191. The summed E-state index contributed by atoms with van der Waals surface area (Å²) in [6.45, 7) is 3.01. The van der Waals surface area contributed by atoms with E-state index in [1.807, 2.05) is 0 Å². The van der Waals surface area contributed by atoms with Crippen LogP contribution in [-0.4, -0.2) is 19.6 Å². The van der Waals surface area contributed by atoms with Gasteiger partial charge in [-0.3, -0.25) is 0 Å². The van der Waals surface area contributed by atoms with Crippen LogP contribution in [0.1, 0.15) is 36.3 Å². The largest absolute Gasteiger partial charge is 0.385 e. The molecule has 16 heavy (non-hydrogen) atoms. The van der Waals surface area contributed by atoms with Gasteiger partial charge in [-0.2, -0.15) is 0 Å². The number of methoxy groups -OCH3 is 1. The Balaban J connectivity index is 2.51. The predicted octanol–water partition coefficient (Wildman–Crippen LogP) is 4.13. The molecule has 90 valence electrons. The fraction of sp³-hybridized carbons (Fsp3) is 0.571. The summed E-state index contributed by atoms with van der Waals surface area (Å²) in [5.41, 5.74) is 2.75. The van der Waals surface area contributed by atoms with E-state index in [-0.39, 0.29) is 0 Å². The highest BCUT2D eigenvalue weighted by molar-refractivity contribution is 6.18. The van der Waals surface area contributed by atoms with E-state index in [9.17, 15) is 0 Å². The van der Waals surface area contributed by atoms with E-state index in [1.54, 1.807) is 7.11 Å². The van der Waals surface area contributed by atoms with Crippen LogP contribution in [0.25, 0.3) is 0 Å². The van der Waals surface area contributed by atoms with Gasteiger partial charge in [0.1, 0.15) is 0 Å². The van der Waals surface area contributed by atoms with Gasteiger partial charge in [0.05, 0.1) is 0 Å². The van der Waals surface area contributed by atoms with Gasteiger partial charge in [0.2, 0.25) is 0 Å². The standard InChI is InChI=1S/C14H21ClO/c1-12-7-3-4-9-14(12)13(11-15)8-5-6-10-16-2/h3-4,7,9,13H,5-6,8,10-11H2,1-2H3. The van der Waals surface area contributed by atoms with Crippen LogP contribution < -0.4 is 0 Å². The molecule has 1 nitrogen and oxygen atoms in total. The second kappa shape index (κ2) is 7.70. The number of aryl methyl sites for hydroxylation is 1. The summed E-state index contributed by atoms with van der Waals surface area (Å²) in [7, 11) is 1.75. The molecule has 0 aromatic heterocycles. The Morgan fingerprint density at radius 2 is 2.00 bits per heavy atom. The molecule has 1 rings (SSSR count). The van der Waals surface area contributed by atoms with Crippen molar-refractivity contribution in [3.8, 4) is 0 Å². The first kappa shape index (κ1) is 13.5. The Morgan fingerprint density at radius 1 is 1.25 bits per heavy atom. The van der Waals surface area contributed by atoms with Gasteiger partial charge in [-0.05, 0) is 36.8 Å². The van der Waals surface area contributed by atoms with Crippen LogP contribution in [0.15, 0.2) is 24.3 Å². The number of rotatable bonds is 7. The number of ether oxygens (including phenoxy) is 1. The first-order valence-corrected chi connectivity index (χ1v) is 6.43. The molecule has 1 unspecified atom stereocenters. The molecular formula is C14H21ClO. The highest BCUT2D eigenvalue weighted by atomic mass is 35.5. The fourth-order valence-electron chi connectivity index (χ4n) is 2.00. The molecule has 0 aliphatic carbocycles. The van der Waals surface area contributed by atoms with Crippen molar-refractivity contribution in [3.05, 3.63) is 35.4 Å². The number of hydrogen-bond acceptors (Lipinski definition) is 1. The van der Waals surface area contributed by atoms with Gasteiger partial charge in [-0.15, -0.1) is 11.6 Å². The molecule has 0 aliphatic heterocycles.